The summed E-state index contributed by atoms with van der Waals surface area (Å²) in [4.78, 5) is 14.4. The summed E-state index contributed by atoms with van der Waals surface area (Å²) < 4.78 is 14.5. The van der Waals surface area contributed by atoms with E-state index in [0.29, 0.717) is 43.2 Å². The first kappa shape index (κ1) is 19.2. The molecule has 0 aromatic heterocycles. The Morgan fingerprint density at radius 3 is 2.71 bits per heavy atom. The first-order valence-corrected chi connectivity index (χ1v) is 10.1. The highest BCUT2D eigenvalue weighted by Crippen LogP contribution is 2.48. The Hall–Kier alpha value is -2.11. The van der Waals surface area contributed by atoms with E-state index in [0.717, 1.165) is 17.5 Å². The van der Waals surface area contributed by atoms with Gasteiger partial charge in [-0.2, -0.15) is 0 Å². The van der Waals surface area contributed by atoms with Gasteiger partial charge in [-0.25, -0.2) is 4.39 Å². The van der Waals surface area contributed by atoms with E-state index in [4.69, 9.17) is 11.6 Å². The van der Waals surface area contributed by atoms with Crippen LogP contribution in [0.15, 0.2) is 42.5 Å². The molecule has 4 rings (SSSR count). The normalized spacial score (nSPS) is 22.2. The van der Waals surface area contributed by atoms with Crippen LogP contribution in [0.1, 0.15) is 36.3 Å². The molecule has 28 heavy (non-hydrogen) atoms. The van der Waals surface area contributed by atoms with Crippen LogP contribution in [-0.2, 0) is 11.3 Å². The molecule has 2 aliphatic rings. The highest BCUT2D eigenvalue weighted by Gasteiger charge is 2.43. The van der Waals surface area contributed by atoms with Crippen molar-refractivity contribution in [3.8, 4) is 0 Å². The van der Waals surface area contributed by atoms with Crippen LogP contribution in [0.25, 0.3) is 0 Å². The summed E-state index contributed by atoms with van der Waals surface area (Å²) in [7, 11) is 0. The summed E-state index contributed by atoms with van der Waals surface area (Å²) in [6.45, 7) is 1.62. The number of hydrogen-bond donors (Lipinski definition) is 2. The smallest absolute Gasteiger partial charge is 0.224 e. The molecule has 2 aromatic carbocycles. The SMILES string of the molecule is O=C(NCc1ccc(N2CCC(O)CC2)c(F)c1)[C@@H]1C[C@H]1c1cccc(Cl)c1. The monoisotopic (exact) mass is 402 g/mol. The highest BCUT2D eigenvalue weighted by atomic mass is 35.5. The van der Waals surface area contributed by atoms with Crippen molar-refractivity contribution in [3.63, 3.8) is 0 Å². The minimum Gasteiger partial charge on any atom is -0.393 e. The Bertz CT molecular complexity index is 867. The maximum Gasteiger partial charge on any atom is 0.224 e. The average molecular weight is 403 g/mol. The van der Waals surface area contributed by atoms with Crippen molar-refractivity contribution < 1.29 is 14.3 Å². The van der Waals surface area contributed by atoms with Crippen LogP contribution in [0.2, 0.25) is 5.02 Å². The quantitative estimate of drug-likeness (QED) is 0.798. The lowest BCUT2D eigenvalue weighted by Crippen LogP contribution is -2.36. The zero-order valence-corrected chi connectivity index (χ0v) is 16.3. The topological polar surface area (TPSA) is 52.6 Å². The van der Waals surface area contributed by atoms with Gasteiger partial charge >= 0.3 is 0 Å². The number of nitrogens with zero attached hydrogens (tertiary/aromatic N) is 1. The van der Waals surface area contributed by atoms with Gasteiger partial charge in [0.25, 0.3) is 0 Å². The second-order valence-corrected chi connectivity index (χ2v) is 8.16. The third-order valence-corrected chi connectivity index (χ3v) is 5.92. The summed E-state index contributed by atoms with van der Waals surface area (Å²) in [5, 5.41) is 13.2. The minimum atomic E-state index is -0.286. The van der Waals surface area contributed by atoms with Gasteiger partial charge in [-0.3, -0.25) is 4.79 Å². The third kappa shape index (κ3) is 4.31. The number of hydrogen-bond acceptors (Lipinski definition) is 3. The fourth-order valence-electron chi connectivity index (χ4n) is 3.93. The van der Waals surface area contributed by atoms with Crippen LogP contribution in [0.5, 0.6) is 0 Å². The molecule has 1 saturated carbocycles. The molecule has 1 amide bonds. The number of halogens is 2. The number of amides is 1. The Labute approximate surface area is 169 Å². The molecule has 148 valence electrons. The predicted molar refractivity (Wildman–Crippen MR) is 108 cm³/mol. The van der Waals surface area contributed by atoms with Crippen molar-refractivity contribution in [2.75, 3.05) is 18.0 Å². The van der Waals surface area contributed by atoms with Gasteiger partial charge in [0.2, 0.25) is 5.91 Å². The first-order chi connectivity index (χ1) is 13.5. The van der Waals surface area contributed by atoms with Gasteiger partial charge in [0.05, 0.1) is 11.8 Å². The van der Waals surface area contributed by atoms with Gasteiger partial charge in [0, 0.05) is 30.6 Å². The van der Waals surface area contributed by atoms with Gasteiger partial charge in [0.1, 0.15) is 5.82 Å². The molecule has 2 fully saturated rings. The second kappa shape index (κ2) is 8.10. The van der Waals surface area contributed by atoms with Gasteiger partial charge in [-0.15, -0.1) is 0 Å². The van der Waals surface area contributed by atoms with Crippen molar-refractivity contribution in [3.05, 3.63) is 64.4 Å². The molecule has 1 aliphatic heterocycles. The van der Waals surface area contributed by atoms with Crippen LogP contribution in [0.3, 0.4) is 0 Å². The van der Waals surface area contributed by atoms with Gasteiger partial charge in [-0.1, -0.05) is 29.8 Å². The number of aliphatic hydroxyl groups is 1. The molecule has 1 heterocycles. The van der Waals surface area contributed by atoms with E-state index in [2.05, 4.69) is 5.32 Å². The lowest BCUT2D eigenvalue weighted by atomic mass is 10.1. The Kier molecular flexibility index (Phi) is 5.56. The lowest BCUT2D eigenvalue weighted by Gasteiger charge is -2.31. The fourth-order valence-corrected chi connectivity index (χ4v) is 4.13. The first-order valence-electron chi connectivity index (χ1n) is 9.76. The number of aliphatic hydroxyl groups excluding tert-OH is 1. The molecule has 0 radical (unpaired) electrons. The van der Waals surface area contributed by atoms with Crippen LogP contribution >= 0.6 is 11.6 Å². The average Bonchev–Trinajstić information content (AvgIpc) is 3.48. The van der Waals surface area contributed by atoms with Crippen LogP contribution in [0.4, 0.5) is 10.1 Å². The maximum atomic E-state index is 14.5. The molecule has 1 aliphatic carbocycles. The van der Waals surface area contributed by atoms with Crippen LogP contribution in [0, 0.1) is 11.7 Å². The van der Waals surface area contributed by atoms with Gasteiger partial charge < -0.3 is 15.3 Å². The molecule has 0 spiro atoms. The van der Waals surface area contributed by atoms with E-state index in [-0.39, 0.29) is 29.7 Å². The fraction of sp³-hybridized carbons (Fsp3) is 0.409. The molecule has 0 unspecified atom stereocenters. The van der Waals surface area contributed by atoms with Crippen molar-refractivity contribution in [2.45, 2.75) is 37.8 Å². The minimum absolute atomic E-state index is 0.000483. The Balaban J connectivity index is 1.31. The zero-order valence-electron chi connectivity index (χ0n) is 15.6. The zero-order chi connectivity index (χ0) is 19.7. The van der Waals surface area contributed by atoms with E-state index >= 15 is 0 Å². The lowest BCUT2D eigenvalue weighted by molar-refractivity contribution is -0.122. The van der Waals surface area contributed by atoms with Crippen molar-refractivity contribution in [1.82, 2.24) is 5.32 Å². The van der Waals surface area contributed by atoms with Crippen LogP contribution < -0.4 is 10.2 Å². The van der Waals surface area contributed by atoms with E-state index < -0.39 is 0 Å². The summed E-state index contributed by atoms with van der Waals surface area (Å²) in [5.74, 6) is -0.111. The molecular weight excluding hydrogens is 379 g/mol. The molecule has 4 nitrogen and oxygen atoms in total. The van der Waals surface area contributed by atoms with Crippen LogP contribution in [-0.4, -0.2) is 30.2 Å². The molecule has 2 atom stereocenters. The number of anilines is 1. The third-order valence-electron chi connectivity index (χ3n) is 5.69. The molecule has 0 bridgehead atoms. The Morgan fingerprint density at radius 1 is 1.21 bits per heavy atom. The number of carbonyl (C=O) groups excluding carboxylic acids is 1. The Morgan fingerprint density at radius 2 is 2.00 bits per heavy atom. The van der Waals surface area contributed by atoms with E-state index in [9.17, 15) is 14.3 Å². The maximum absolute atomic E-state index is 14.5. The molecular formula is C22H24ClFN2O2. The summed E-state index contributed by atoms with van der Waals surface area (Å²) in [6, 6.07) is 12.7. The van der Waals surface area contributed by atoms with E-state index in [1.807, 2.05) is 35.2 Å². The van der Waals surface area contributed by atoms with E-state index in [1.165, 1.54) is 6.07 Å². The second-order valence-electron chi connectivity index (χ2n) is 7.73. The highest BCUT2D eigenvalue weighted by molar-refractivity contribution is 6.30. The predicted octanol–water partition coefficient (Wildman–Crippen LogP) is 3.86. The number of piperidine rings is 1. The van der Waals surface area contributed by atoms with E-state index in [1.54, 1.807) is 6.07 Å². The molecule has 1 saturated heterocycles. The summed E-state index contributed by atoms with van der Waals surface area (Å²) in [6.07, 6.45) is 1.85. The molecule has 2 N–H and O–H groups in total. The molecule has 6 heteroatoms. The summed E-state index contributed by atoms with van der Waals surface area (Å²) in [5.41, 5.74) is 2.39. The van der Waals surface area contributed by atoms with Crippen molar-refractivity contribution in [2.24, 2.45) is 5.92 Å². The van der Waals surface area contributed by atoms with Gasteiger partial charge in [-0.05, 0) is 60.6 Å². The summed E-state index contributed by atoms with van der Waals surface area (Å²) >= 11 is 6.02. The van der Waals surface area contributed by atoms with Gasteiger partial charge in [0.15, 0.2) is 0 Å². The standard InChI is InChI=1S/C22H24ClFN2O2/c23-16-3-1-2-15(11-16)18-12-19(18)22(28)25-13-14-4-5-21(20(24)10-14)26-8-6-17(27)7-9-26/h1-5,10-11,17-19,27H,6-9,12-13H2,(H,25,28)/t18-,19+/m0/s1. The molecule has 2 aromatic rings. The number of benzene rings is 2. The van der Waals surface area contributed by atoms with Crippen molar-refractivity contribution >= 4 is 23.2 Å². The number of carbonyl (C=O) groups is 1. The number of nitrogens with one attached hydrogen (secondary N) is 1. The largest absolute Gasteiger partial charge is 0.393 e. The number of rotatable bonds is 5. The van der Waals surface area contributed by atoms with Crippen molar-refractivity contribution in [1.29, 1.82) is 0 Å².